The third kappa shape index (κ3) is 5.71. The summed E-state index contributed by atoms with van der Waals surface area (Å²) in [5.74, 6) is -0.693. The molecular formula is C25H27FN4O3. The molecule has 2 aromatic carbocycles. The van der Waals surface area contributed by atoms with Crippen molar-refractivity contribution in [1.82, 2.24) is 20.2 Å². The molecule has 33 heavy (non-hydrogen) atoms. The second-order valence-electron chi connectivity index (χ2n) is 8.24. The van der Waals surface area contributed by atoms with Crippen LogP contribution < -0.4 is 10.9 Å². The van der Waals surface area contributed by atoms with Gasteiger partial charge in [0, 0.05) is 18.7 Å². The molecule has 7 nitrogen and oxygen atoms in total. The van der Waals surface area contributed by atoms with E-state index in [0.717, 1.165) is 19.6 Å². The molecule has 0 atom stereocenters. The van der Waals surface area contributed by atoms with E-state index in [1.807, 2.05) is 24.3 Å². The Morgan fingerprint density at radius 2 is 1.70 bits per heavy atom. The Morgan fingerprint density at radius 3 is 2.36 bits per heavy atom. The molecule has 1 fully saturated rings. The van der Waals surface area contributed by atoms with Gasteiger partial charge < -0.3 is 15.4 Å². The number of aromatic nitrogens is 2. The summed E-state index contributed by atoms with van der Waals surface area (Å²) >= 11 is 0. The monoisotopic (exact) mass is 450 g/mol. The second kappa shape index (κ2) is 10.5. The lowest BCUT2D eigenvalue weighted by Gasteiger charge is -2.26. The highest BCUT2D eigenvalue weighted by Crippen LogP contribution is 2.18. The molecule has 1 amide bonds. The van der Waals surface area contributed by atoms with Gasteiger partial charge in [-0.15, -0.1) is 0 Å². The number of hydrogen-bond acceptors (Lipinski definition) is 5. The molecule has 0 aliphatic carbocycles. The first-order chi connectivity index (χ1) is 16.0. The van der Waals surface area contributed by atoms with Crippen LogP contribution in [-0.4, -0.2) is 39.0 Å². The number of nitrogens with one attached hydrogen (secondary N) is 2. The standard InChI is InChI=1S/C25H27FN4O3/c26-20-10-6-17(7-11-20)14-27-25(33)22-21(16-31)24(32)29-23(28-22)19-8-4-18(5-9-19)15-30-12-2-1-3-13-30/h4-11,31H,1-3,12-16H2,(H,27,33)(H,28,29,32). The minimum absolute atomic E-state index is 0.0999. The molecule has 4 rings (SSSR count). The van der Waals surface area contributed by atoms with E-state index >= 15 is 0 Å². The molecular weight excluding hydrogens is 423 g/mol. The molecule has 0 unspecified atom stereocenters. The quantitative estimate of drug-likeness (QED) is 0.514. The molecule has 172 valence electrons. The van der Waals surface area contributed by atoms with Crippen molar-refractivity contribution in [1.29, 1.82) is 0 Å². The van der Waals surface area contributed by atoms with Crippen LogP contribution in [0.15, 0.2) is 53.3 Å². The van der Waals surface area contributed by atoms with Crippen LogP contribution in [0.4, 0.5) is 4.39 Å². The summed E-state index contributed by atoms with van der Waals surface area (Å²) in [6, 6.07) is 13.5. The Bertz CT molecular complexity index is 1150. The van der Waals surface area contributed by atoms with Crippen LogP contribution in [0.3, 0.4) is 0 Å². The van der Waals surface area contributed by atoms with Crippen molar-refractivity contribution in [2.24, 2.45) is 0 Å². The van der Waals surface area contributed by atoms with Gasteiger partial charge in [-0.2, -0.15) is 0 Å². The highest BCUT2D eigenvalue weighted by molar-refractivity contribution is 5.94. The Hall–Kier alpha value is -3.36. The molecule has 1 aromatic heterocycles. The van der Waals surface area contributed by atoms with Crippen molar-refractivity contribution < 1.29 is 14.3 Å². The summed E-state index contributed by atoms with van der Waals surface area (Å²) in [6.45, 7) is 2.62. The van der Waals surface area contributed by atoms with Crippen molar-refractivity contribution >= 4 is 5.91 Å². The van der Waals surface area contributed by atoms with Gasteiger partial charge in [0.1, 0.15) is 17.3 Å². The highest BCUT2D eigenvalue weighted by Gasteiger charge is 2.19. The summed E-state index contributed by atoms with van der Waals surface area (Å²) in [5, 5.41) is 12.3. The van der Waals surface area contributed by atoms with Crippen LogP contribution in [0.1, 0.15) is 46.4 Å². The zero-order valence-corrected chi connectivity index (χ0v) is 18.3. The number of carbonyl (C=O) groups excluding carboxylic acids is 1. The molecule has 3 N–H and O–H groups in total. The maximum absolute atomic E-state index is 13.1. The average molecular weight is 451 g/mol. The van der Waals surface area contributed by atoms with E-state index < -0.39 is 18.1 Å². The number of carbonyl (C=O) groups is 1. The molecule has 1 saturated heterocycles. The number of benzene rings is 2. The predicted octanol–water partition coefficient (Wildman–Crippen LogP) is 2.98. The summed E-state index contributed by atoms with van der Waals surface area (Å²) < 4.78 is 13.1. The normalized spacial score (nSPS) is 14.2. The first-order valence-corrected chi connectivity index (χ1v) is 11.1. The van der Waals surface area contributed by atoms with Gasteiger partial charge in [-0.25, -0.2) is 9.37 Å². The number of hydrogen-bond donors (Lipinski definition) is 3. The molecule has 2 heterocycles. The van der Waals surface area contributed by atoms with Gasteiger partial charge in [-0.1, -0.05) is 42.8 Å². The Labute approximate surface area is 191 Å². The first kappa shape index (κ1) is 22.8. The number of aliphatic hydroxyl groups is 1. The first-order valence-electron chi connectivity index (χ1n) is 11.1. The fourth-order valence-electron chi connectivity index (χ4n) is 3.98. The summed E-state index contributed by atoms with van der Waals surface area (Å²) in [7, 11) is 0. The van der Waals surface area contributed by atoms with Gasteiger partial charge in [0.15, 0.2) is 0 Å². The molecule has 0 saturated carbocycles. The fraction of sp³-hybridized carbons (Fsp3) is 0.320. The van der Waals surface area contributed by atoms with Crippen molar-refractivity contribution in [3.63, 3.8) is 0 Å². The van der Waals surface area contributed by atoms with E-state index in [9.17, 15) is 19.1 Å². The molecule has 0 spiro atoms. The van der Waals surface area contributed by atoms with Gasteiger partial charge >= 0.3 is 0 Å². The Kier molecular flexibility index (Phi) is 7.26. The van der Waals surface area contributed by atoms with Gasteiger partial charge in [0.25, 0.3) is 11.5 Å². The van der Waals surface area contributed by atoms with Crippen LogP contribution in [0.25, 0.3) is 11.4 Å². The number of nitrogens with zero attached hydrogens (tertiary/aromatic N) is 2. The number of H-pyrrole nitrogens is 1. The van der Waals surface area contributed by atoms with Crippen LogP contribution >= 0.6 is 0 Å². The second-order valence-corrected chi connectivity index (χ2v) is 8.24. The third-order valence-corrected chi connectivity index (χ3v) is 5.84. The fourth-order valence-corrected chi connectivity index (χ4v) is 3.98. The molecule has 0 bridgehead atoms. The Balaban J connectivity index is 1.52. The van der Waals surface area contributed by atoms with Crippen LogP contribution in [0.2, 0.25) is 0 Å². The molecule has 0 radical (unpaired) electrons. The summed E-state index contributed by atoms with van der Waals surface area (Å²) in [5.41, 5.74) is 1.75. The zero-order valence-electron chi connectivity index (χ0n) is 18.3. The van der Waals surface area contributed by atoms with E-state index in [-0.39, 0.29) is 29.4 Å². The number of aliphatic hydroxyl groups excluding tert-OH is 1. The van der Waals surface area contributed by atoms with Gasteiger partial charge in [0.2, 0.25) is 0 Å². The highest BCUT2D eigenvalue weighted by atomic mass is 19.1. The van der Waals surface area contributed by atoms with Crippen LogP contribution in [0.5, 0.6) is 0 Å². The van der Waals surface area contributed by atoms with Gasteiger partial charge in [-0.3, -0.25) is 14.5 Å². The minimum Gasteiger partial charge on any atom is -0.391 e. The van der Waals surface area contributed by atoms with Crippen molar-refractivity contribution in [2.75, 3.05) is 13.1 Å². The maximum Gasteiger partial charge on any atom is 0.270 e. The summed E-state index contributed by atoms with van der Waals surface area (Å²) in [6.07, 6.45) is 3.75. The number of halogens is 1. The SMILES string of the molecule is O=C(NCc1ccc(F)cc1)c1nc(-c2ccc(CN3CCCCC3)cc2)[nH]c(=O)c1CO. The van der Waals surface area contributed by atoms with E-state index in [1.165, 1.54) is 37.0 Å². The number of likely N-dealkylation sites (tertiary alicyclic amines) is 1. The number of amides is 1. The van der Waals surface area contributed by atoms with Gasteiger partial charge in [-0.05, 0) is 49.2 Å². The Morgan fingerprint density at radius 1 is 1.03 bits per heavy atom. The van der Waals surface area contributed by atoms with Crippen LogP contribution in [0, 0.1) is 5.82 Å². The number of rotatable bonds is 7. The van der Waals surface area contributed by atoms with E-state index in [2.05, 4.69) is 20.2 Å². The molecule has 1 aliphatic rings. The molecule has 8 heteroatoms. The number of aromatic amines is 1. The van der Waals surface area contributed by atoms with E-state index in [4.69, 9.17) is 0 Å². The number of piperidine rings is 1. The topological polar surface area (TPSA) is 98.3 Å². The van der Waals surface area contributed by atoms with E-state index in [0.29, 0.717) is 11.1 Å². The predicted molar refractivity (Wildman–Crippen MR) is 123 cm³/mol. The maximum atomic E-state index is 13.1. The van der Waals surface area contributed by atoms with E-state index in [1.54, 1.807) is 12.1 Å². The van der Waals surface area contributed by atoms with Gasteiger partial charge in [0.05, 0.1) is 12.2 Å². The zero-order chi connectivity index (χ0) is 23.2. The largest absolute Gasteiger partial charge is 0.391 e. The van der Waals surface area contributed by atoms with Crippen molar-refractivity contribution in [2.45, 2.75) is 39.0 Å². The van der Waals surface area contributed by atoms with Crippen molar-refractivity contribution in [3.05, 3.63) is 87.1 Å². The third-order valence-electron chi connectivity index (χ3n) is 5.84. The lowest BCUT2D eigenvalue weighted by Crippen LogP contribution is -2.29. The smallest absolute Gasteiger partial charge is 0.270 e. The average Bonchev–Trinajstić information content (AvgIpc) is 2.84. The molecule has 3 aromatic rings. The van der Waals surface area contributed by atoms with Crippen molar-refractivity contribution in [3.8, 4) is 11.4 Å². The van der Waals surface area contributed by atoms with Crippen LogP contribution in [-0.2, 0) is 19.7 Å². The lowest BCUT2D eigenvalue weighted by atomic mass is 10.1. The molecule has 1 aliphatic heterocycles. The minimum atomic E-state index is -0.614. The lowest BCUT2D eigenvalue weighted by molar-refractivity contribution is 0.0942. The summed E-state index contributed by atoms with van der Waals surface area (Å²) in [4.78, 5) is 34.7.